The highest BCUT2D eigenvalue weighted by Crippen LogP contribution is 2.41. The van der Waals surface area contributed by atoms with Crippen LogP contribution < -0.4 is 5.32 Å². The van der Waals surface area contributed by atoms with Crippen LogP contribution in [0.5, 0.6) is 5.75 Å². The van der Waals surface area contributed by atoms with Crippen LogP contribution in [0.1, 0.15) is 50.5 Å². The molecule has 2 aliphatic carbocycles. The van der Waals surface area contributed by atoms with Crippen LogP contribution in [0.15, 0.2) is 18.2 Å². The normalized spacial score (nSPS) is 30.7. The van der Waals surface area contributed by atoms with Crippen molar-refractivity contribution in [1.82, 2.24) is 0 Å². The standard InChI is InChI=1S/C17H25NO/c1-12-10-16(19)8-9-17(12)18-15-7-6-13-4-2-3-5-14(13)11-15/h8-10,13-15,18-19H,2-7,11H2,1H3. The van der Waals surface area contributed by atoms with Crippen LogP contribution in [0, 0.1) is 18.8 Å². The predicted molar refractivity (Wildman–Crippen MR) is 79.6 cm³/mol. The Bertz CT molecular complexity index is 443. The lowest BCUT2D eigenvalue weighted by atomic mass is 9.69. The van der Waals surface area contributed by atoms with Gasteiger partial charge < -0.3 is 10.4 Å². The van der Waals surface area contributed by atoms with E-state index in [4.69, 9.17) is 0 Å². The van der Waals surface area contributed by atoms with Crippen LogP contribution in [0.3, 0.4) is 0 Å². The summed E-state index contributed by atoms with van der Waals surface area (Å²) in [6, 6.07) is 6.26. The van der Waals surface area contributed by atoms with E-state index >= 15 is 0 Å². The summed E-state index contributed by atoms with van der Waals surface area (Å²) >= 11 is 0. The lowest BCUT2D eigenvalue weighted by molar-refractivity contribution is 0.162. The van der Waals surface area contributed by atoms with Gasteiger partial charge in [-0.3, -0.25) is 0 Å². The van der Waals surface area contributed by atoms with Crippen LogP contribution in [0.25, 0.3) is 0 Å². The van der Waals surface area contributed by atoms with E-state index in [0.29, 0.717) is 11.8 Å². The first-order valence-electron chi connectivity index (χ1n) is 7.78. The van der Waals surface area contributed by atoms with Crippen molar-refractivity contribution >= 4 is 5.69 Å². The molecule has 2 saturated carbocycles. The highest BCUT2D eigenvalue weighted by molar-refractivity contribution is 5.53. The molecule has 2 fully saturated rings. The van der Waals surface area contributed by atoms with E-state index in [1.165, 1.54) is 50.6 Å². The van der Waals surface area contributed by atoms with E-state index in [9.17, 15) is 5.11 Å². The Morgan fingerprint density at radius 3 is 2.63 bits per heavy atom. The van der Waals surface area contributed by atoms with Gasteiger partial charge in [-0.15, -0.1) is 0 Å². The van der Waals surface area contributed by atoms with Crippen molar-refractivity contribution in [3.63, 3.8) is 0 Å². The lowest BCUT2D eigenvalue weighted by Gasteiger charge is -2.40. The average molecular weight is 259 g/mol. The van der Waals surface area contributed by atoms with Crippen molar-refractivity contribution in [2.45, 2.75) is 57.9 Å². The third-order valence-corrected chi connectivity index (χ3v) is 5.11. The largest absolute Gasteiger partial charge is 0.508 e. The Balaban J connectivity index is 1.64. The zero-order chi connectivity index (χ0) is 13.2. The monoisotopic (exact) mass is 259 g/mol. The molecule has 2 heteroatoms. The number of aromatic hydroxyl groups is 1. The molecule has 3 atom stereocenters. The number of phenols is 1. The van der Waals surface area contributed by atoms with Gasteiger partial charge in [0.15, 0.2) is 0 Å². The summed E-state index contributed by atoms with van der Waals surface area (Å²) in [6.07, 6.45) is 9.85. The van der Waals surface area contributed by atoms with Gasteiger partial charge in [0.1, 0.15) is 5.75 Å². The molecule has 104 valence electrons. The molecule has 0 heterocycles. The number of anilines is 1. The molecule has 2 aliphatic rings. The van der Waals surface area contributed by atoms with Crippen LogP contribution in [0.4, 0.5) is 5.69 Å². The van der Waals surface area contributed by atoms with Crippen molar-refractivity contribution in [3.05, 3.63) is 23.8 Å². The van der Waals surface area contributed by atoms with Crippen LogP contribution in [-0.4, -0.2) is 11.1 Å². The Labute approximate surface area is 116 Å². The van der Waals surface area contributed by atoms with Crippen molar-refractivity contribution < 1.29 is 5.11 Å². The maximum absolute atomic E-state index is 9.47. The molecule has 2 nitrogen and oxygen atoms in total. The average Bonchev–Trinajstić information content (AvgIpc) is 2.42. The van der Waals surface area contributed by atoms with Crippen molar-refractivity contribution in [1.29, 1.82) is 0 Å². The third-order valence-electron chi connectivity index (χ3n) is 5.11. The molecule has 3 rings (SSSR count). The van der Waals surface area contributed by atoms with Gasteiger partial charge in [0.25, 0.3) is 0 Å². The molecular weight excluding hydrogens is 234 g/mol. The lowest BCUT2D eigenvalue weighted by Crippen LogP contribution is -2.34. The van der Waals surface area contributed by atoms with Gasteiger partial charge in [0.05, 0.1) is 0 Å². The van der Waals surface area contributed by atoms with Gasteiger partial charge in [0.2, 0.25) is 0 Å². The molecule has 2 N–H and O–H groups in total. The van der Waals surface area contributed by atoms with E-state index in [2.05, 4.69) is 12.2 Å². The Hall–Kier alpha value is -1.18. The first-order valence-corrected chi connectivity index (χ1v) is 7.78. The second-order valence-electron chi connectivity index (χ2n) is 6.46. The van der Waals surface area contributed by atoms with Gasteiger partial charge in [-0.2, -0.15) is 0 Å². The molecule has 19 heavy (non-hydrogen) atoms. The summed E-state index contributed by atoms with van der Waals surface area (Å²) in [7, 11) is 0. The zero-order valence-corrected chi connectivity index (χ0v) is 11.9. The molecule has 0 aliphatic heterocycles. The van der Waals surface area contributed by atoms with Gasteiger partial charge in [-0.25, -0.2) is 0 Å². The van der Waals surface area contributed by atoms with E-state index in [-0.39, 0.29) is 0 Å². The van der Waals surface area contributed by atoms with E-state index < -0.39 is 0 Å². The topological polar surface area (TPSA) is 32.3 Å². The number of phenolic OH excluding ortho intramolecular Hbond substituents is 1. The highest BCUT2D eigenvalue weighted by Gasteiger charge is 2.32. The SMILES string of the molecule is Cc1cc(O)ccc1NC1CCC2CCCCC2C1. The molecule has 0 spiro atoms. The summed E-state index contributed by atoms with van der Waals surface area (Å²) in [5.74, 6) is 2.32. The summed E-state index contributed by atoms with van der Waals surface area (Å²) in [6.45, 7) is 2.06. The Morgan fingerprint density at radius 1 is 1.05 bits per heavy atom. The quantitative estimate of drug-likeness (QED) is 0.768. The van der Waals surface area contributed by atoms with Crippen LogP contribution in [0.2, 0.25) is 0 Å². The molecule has 0 aromatic heterocycles. The zero-order valence-electron chi connectivity index (χ0n) is 11.9. The minimum absolute atomic E-state index is 0.360. The summed E-state index contributed by atoms with van der Waals surface area (Å²) < 4.78 is 0. The number of hydrogen-bond acceptors (Lipinski definition) is 2. The van der Waals surface area contributed by atoms with Gasteiger partial charge in [0, 0.05) is 11.7 Å². The minimum Gasteiger partial charge on any atom is -0.508 e. The number of benzene rings is 1. The van der Waals surface area contributed by atoms with Crippen LogP contribution >= 0.6 is 0 Å². The Morgan fingerprint density at radius 2 is 1.84 bits per heavy atom. The molecule has 0 radical (unpaired) electrons. The fourth-order valence-electron chi connectivity index (χ4n) is 4.03. The maximum atomic E-state index is 9.47. The molecule has 3 unspecified atom stereocenters. The maximum Gasteiger partial charge on any atom is 0.115 e. The Kier molecular flexibility index (Phi) is 3.67. The van der Waals surface area contributed by atoms with Crippen molar-refractivity contribution in [2.24, 2.45) is 11.8 Å². The second-order valence-corrected chi connectivity index (χ2v) is 6.46. The smallest absolute Gasteiger partial charge is 0.115 e. The molecule has 1 aromatic carbocycles. The van der Waals surface area contributed by atoms with Gasteiger partial charge in [-0.1, -0.05) is 25.7 Å². The first kappa shape index (κ1) is 12.8. The number of rotatable bonds is 2. The van der Waals surface area contributed by atoms with Gasteiger partial charge in [-0.05, 0) is 61.8 Å². The molecular formula is C17H25NO. The van der Waals surface area contributed by atoms with E-state index in [1.54, 1.807) is 6.07 Å². The van der Waals surface area contributed by atoms with Gasteiger partial charge >= 0.3 is 0 Å². The summed E-state index contributed by atoms with van der Waals surface area (Å²) in [4.78, 5) is 0. The van der Waals surface area contributed by atoms with E-state index in [0.717, 1.165) is 17.4 Å². The summed E-state index contributed by atoms with van der Waals surface area (Å²) in [5, 5.41) is 13.2. The molecule has 0 amide bonds. The van der Waals surface area contributed by atoms with Crippen molar-refractivity contribution in [2.75, 3.05) is 5.32 Å². The predicted octanol–water partition coefficient (Wildman–Crippen LogP) is 4.47. The summed E-state index contributed by atoms with van der Waals surface area (Å²) in [5.41, 5.74) is 2.34. The van der Waals surface area contributed by atoms with Crippen LogP contribution in [-0.2, 0) is 0 Å². The number of nitrogens with one attached hydrogen (secondary N) is 1. The number of hydrogen-bond donors (Lipinski definition) is 2. The molecule has 1 aromatic rings. The molecule has 0 saturated heterocycles. The molecule has 0 bridgehead atoms. The fourth-order valence-corrected chi connectivity index (χ4v) is 4.03. The number of aryl methyl sites for hydroxylation is 1. The highest BCUT2D eigenvalue weighted by atomic mass is 16.3. The van der Waals surface area contributed by atoms with E-state index in [1.807, 2.05) is 12.1 Å². The first-order chi connectivity index (χ1) is 9.22. The third kappa shape index (κ3) is 2.88. The fraction of sp³-hybridized carbons (Fsp3) is 0.647. The van der Waals surface area contributed by atoms with Crippen molar-refractivity contribution in [3.8, 4) is 5.75 Å². The second kappa shape index (κ2) is 5.44. The minimum atomic E-state index is 0.360. The number of fused-ring (bicyclic) bond motifs is 1.